The van der Waals surface area contributed by atoms with Gasteiger partial charge in [0.25, 0.3) is 5.91 Å². The van der Waals surface area contributed by atoms with E-state index in [4.69, 9.17) is 9.47 Å². The van der Waals surface area contributed by atoms with Crippen LogP contribution in [0, 0.1) is 5.92 Å². The van der Waals surface area contributed by atoms with Gasteiger partial charge < -0.3 is 20.1 Å². The fraction of sp³-hybridized carbons (Fsp3) is 0.500. The third kappa shape index (κ3) is 7.34. The van der Waals surface area contributed by atoms with Crippen molar-refractivity contribution >= 4 is 35.1 Å². The first-order chi connectivity index (χ1) is 11.7. The third-order valence-corrected chi connectivity index (χ3v) is 3.78. The lowest BCUT2D eigenvalue weighted by molar-refractivity contribution is -0.188. The molecule has 9 heteroatoms. The molecule has 1 heterocycles. The number of rotatable bonds is 8. The summed E-state index contributed by atoms with van der Waals surface area (Å²) in [5, 5.41) is 6.70. The van der Waals surface area contributed by atoms with Gasteiger partial charge in [0, 0.05) is 20.4 Å². The molecule has 25 heavy (non-hydrogen) atoms. The van der Waals surface area contributed by atoms with Gasteiger partial charge in [0.05, 0.1) is 10.8 Å². The van der Waals surface area contributed by atoms with E-state index in [0.717, 1.165) is 0 Å². The zero-order chi connectivity index (χ0) is 19.0. The quantitative estimate of drug-likeness (QED) is 0.523. The van der Waals surface area contributed by atoms with Gasteiger partial charge in [0.15, 0.2) is 0 Å². The van der Waals surface area contributed by atoms with Crippen LogP contribution in [0.15, 0.2) is 17.5 Å². The van der Waals surface area contributed by atoms with Crippen LogP contribution in [0.25, 0.3) is 0 Å². The summed E-state index contributed by atoms with van der Waals surface area (Å²) in [6, 6.07) is 2.27. The molecule has 0 saturated heterocycles. The maximum Gasteiger partial charge on any atom is 0.333 e. The van der Waals surface area contributed by atoms with Gasteiger partial charge in [-0.05, 0) is 11.4 Å². The molecule has 2 amide bonds. The lowest BCUT2D eigenvalue weighted by atomic mass is 10.2. The smallest absolute Gasteiger partial charge is 0.333 e. The highest BCUT2D eigenvalue weighted by Gasteiger charge is 2.25. The van der Waals surface area contributed by atoms with Crippen LogP contribution < -0.4 is 10.6 Å². The van der Waals surface area contributed by atoms with Crippen LogP contribution in [-0.4, -0.2) is 42.6 Å². The zero-order valence-electron chi connectivity index (χ0n) is 14.5. The molecular formula is C16H22N2O6S. The number of carbonyl (C=O) groups is 4. The van der Waals surface area contributed by atoms with Crippen LogP contribution >= 0.6 is 11.3 Å². The maximum atomic E-state index is 12.2. The third-order valence-electron chi connectivity index (χ3n) is 2.91. The first kappa shape index (κ1) is 20.6. The van der Waals surface area contributed by atoms with Crippen molar-refractivity contribution in [2.45, 2.75) is 40.0 Å². The van der Waals surface area contributed by atoms with Gasteiger partial charge in [-0.3, -0.25) is 14.4 Å². The second kappa shape index (κ2) is 9.77. The van der Waals surface area contributed by atoms with Crippen LogP contribution in [0.3, 0.4) is 0 Å². The maximum absolute atomic E-state index is 12.2. The summed E-state index contributed by atoms with van der Waals surface area (Å²) in [4.78, 5) is 47.3. The van der Waals surface area contributed by atoms with Gasteiger partial charge >= 0.3 is 11.9 Å². The molecule has 8 nitrogen and oxygen atoms in total. The molecule has 0 aliphatic heterocycles. The Morgan fingerprint density at radius 2 is 1.76 bits per heavy atom. The Hall–Kier alpha value is -2.42. The number of esters is 2. The standard InChI is InChI=1S/C16H22N2O6S/c1-9(2)15(21)23-11(4)24-16(22)12(18-10(3)19)8-17-14(20)13-6-5-7-25-13/h5-7,9,11-12H,8H2,1-4H3,(H,17,20)(H,18,19). The van der Waals surface area contributed by atoms with E-state index in [1.54, 1.807) is 31.4 Å². The van der Waals surface area contributed by atoms with Crippen LogP contribution in [-0.2, 0) is 23.9 Å². The number of hydrogen-bond acceptors (Lipinski definition) is 7. The molecule has 2 atom stereocenters. The highest BCUT2D eigenvalue weighted by Crippen LogP contribution is 2.08. The number of amides is 2. The fourth-order valence-corrected chi connectivity index (χ4v) is 2.34. The molecule has 2 N–H and O–H groups in total. The number of hydrogen-bond donors (Lipinski definition) is 2. The van der Waals surface area contributed by atoms with Crippen LogP contribution in [0.2, 0.25) is 0 Å². The second-order valence-corrected chi connectivity index (χ2v) is 6.48. The van der Waals surface area contributed by atoms with Gasteiger partial charge in [-0.1, -0.05) is 19.9 Å². The molecular weight excluding hydrogens is 348 g/mol. The fourth-order valence-electron chi connectivity index (χ4n) is 1.70. The van der Waals surface area contributed by atoms with Gasteiger partial charge in [-0.15, -0.1) is 11.3 Å². The summed E-state index contributed by atoms with van der Waals surface area (Å²) in [5.74, 6) is -2.51. The Morgan fingerprint density at radius 1 is 1.12 bits per heavy atom. The van der Waals surface area contributed by atoms with Gasteiger partial charge in [0.1, 0.15) is 6.04 Å². The predicted molar refractivity (Wildman–Crippen MR) is 90.7 cm³/mol. The topological polar surface area (TPSA) is 111 Å². The first-order valence-electron chi connectivity index (χ1n) is 7.70. The van der Waals surface area contributed by atoms with Crippen LogP contribution in [0.4, 0.5) is 0 Å². The minimum atomic E-state index is -1.10. The van der Waals surface area contributed by atoms with E-state index in [2.05, 4.69) is 10.6 Å². The van der Waals surface area contributed by atoms with Crippen molar-refractivity contribution < 1.29 is 28.7 Å². The Labute approximate surface area is 149 Å². The molecule has 138 valence electrons. The lowest BCUT2D eigenvalue weighted by Crippen LogP contribution is -2.49. The Bertz CT molecular complexity index is 614. The molecule has 0 spiro atoms. The predicted octanol–water partition coefficient (Wildman–Crippen LogP) is 1.07. The van der Waals surface area contributed by atoms with Crippen LogP contribution in [0.5, 0.6) is 0 Å². The molecule has 0 bridgehead atoms. The molecule has 2 unspecified atom stereocenters. The van der Waals surface area contributed by atoms with Crippen molar-refractivity contribution in [1.29, 1.82) is 0 Å². The molecule has 1 aromatic rings. The minimum absolute atomic E-state index is 0.153. The average molecular weight is 370 g/mol. The summed E-state index contributed by atoms with van der Waals surface area (Å²) in [6.45, 7) is 5.78. The highest BCUT2D eigenvalue weighted by atomic mass is 32.1. The monoisotopic (exact) mass is 370 g/mol. The Morgan fingerprint density at radius 3 is 2.28 bits per heavy atom. The van der Waals surface area contributed by atoms with Crippen molar-refractivity contribution in [3.63, 3.8) is 0 Å². The minimum Gasteiger partial charge on any atom is -0.425 e. The van der Waals surface area contributed by atoms with Crippen molar-refractivity contribution in [3.05, 3.63) is 22.4 Å². The average Bonchev–Trinajstić information content (AvgIpc) is 3.04. The van der Waals surface area contributed by atoms with E-state index in [0.29, 0.717) is 4.88 Å². The number of nitrogens with one attached hydrogen (secondary N) is 2. The van der Waals surface area contributed by atoms with Crippen molar-refractivity contribution in [3.8, 4) is 0 Å². The van der Waals surface area contributed by atoms with E-state index < -0.39 is 30.2 Å². The lowest BCUT2D eigenvalue weighted by Gasteiger charge is -2.20. The van der Waals surface area contributed by atoms with E-state index >= 15 is 0 Å². The molecule has 0 aliphatic carbocycles. The normalized spacial score (nSPS) is 12.8. The van der Waals surface area contributed by atoms with Crippen LogP contribution in [0.1, 0.15) is 37.4 Å². The SMILES string of the molecule is CC(=O)NC(CNC(=O)c1cccs1)C(=O)OC(C)OC(=O)C(C)C. The number of carbonyl (C=O) groups excluding carboxylic acids is 4. The molecule has 0 fully saturated rings. The molecule has 1 rings (SSSR count). The van der Waals surface area contributed by atoms with E-state index in [1.165, 1.54) is 25.2 Å². The highest BCUT2D eigenvalue weighted by molar-refractivity contribution is 7.12. The Kier molecular flexibility index (Phi) is 8.06. The van der Waals surface area contributed by atoms with E-state index in [1.807, 2.05) is 0 Å². The number of ether oxygens (including phenoxy) is 2. The van der Waals surface area contributed by atoms with Crippen molar-refractivity contribution in [2.24, 2.45) is 5.92 Å². The molecule has 0 saturated carbocycles. The summed E-state index contributed by atoms with van der Waals surface area (Å²) in [6.07, 6.45) is -1.10. The van der Waals surface area contributed by atoms with Gasteiger partial charge in [-0.25, -0.2) is 4.79 Å². The van der Waals surface area contributed by atoms with E-state index in [-0.39, 0.29) is 18.4 Å². The summed E-state index contributed by atoms with van der Waals surface area (Å²) in [5.41, 5.74) is 0. The molecule has 0 radical (unpaired) electrons. The first-order valence-corrected chi connectivity index (χ1v) is 8.58. The van der Waals surface area contributed by atoms with Gasteiger partial charge in [0.2, 0.25) is 12.2 Å². The van der Waals surface area contributed by atoms with Crippen molar-refractivity contribution in [1.82, 2.24) is 10.6 Å². The van der Waals surface area contributed by atoms with Gasteiger partial charge in [-0.2, -0.15) is 0 Å². The van der Waals surface area contributed by atoms with Crippen molar-refractivity contribution in [2.75, 3.05) is 6.54 Å². The summed E-state index contributed by atoms with van der Waals surface area (Å²) >= 11 is 1.25. The summed E-state index contributed by atoms with van der Waals surface area (Å²) in [7, 11) is 0. The van der Waals surface area contributed by atoms with E-state index in [9.17, 15) is 19.2 Å². The summed E-state index contributed by atoms with van der Waals surface area (Å²) < 4.78 is 9.95. The zero-order valence-corrected chi connectivity index (χ0v) is 15.3. The Balaban J connectivity index is 2.61. The second-order valence-electron chi connectivity index (χ2n) is 5.54. The molecule has 1 aromatic heterocycles. The number of thiophene rings is 1. The largest absolute Gasteiger partial charge is 0.425 e. The molecule has 0 aliphatic rings. The molecule has 0 aromatic carbocycles.